The summed E-state index contributed by atoms with van der Waals surface area (Å²) in [6.07, 6.45) is 0.278. The smallest absolute Gasteiger partial charge is 0.226 e. The van der Waals surface area contributed by atoms with E-state index in [9.17, 15) is 13.6 Å². The summed E-state index contributed by atoms with van der Waals surface area (Å²) in [5, 5.41) is 5.26. The van der Waals surface area contributed by atoms with Gasteiger partial charge in [-0.3, -0.25) is 4.79 Å². The Balaban J connectivity index is 1.78. The van der Waals surface area contributed by atoms with Gasteiger partial charge in [-0.15, -0.1) is 23.1 Å². The number of hydrogen-bond donors (Lipinski definition) is 1. The molecule has 0 atom stereocenters. The van der Waals surface area contributed by atoms with Crippen LogP contribution >= 0.6 is 23.1 Å². The number of thioether (sulfide) groups is 1. The molecule has 7 heteroatoms. The van der Waals surface area contributed by atoms with Crippen LogP contribution in [0, 0.1) is 11.6 Å². The second-order valence-electron chi connectivity index (χ2n) is 4.95. The topological polar surface area (TPSA) is 42.0 Å². The fraction of sp³-hybridized carbons (Fsp3) is 0.333. The third-order valence-corrected chi connectivity index (χ3v) is 4.62. The maximum absolute atomic E-state index is 13.0. The Kier molecular flexibility index (Phi) is 5.90. The SMILES string of the molecule is CC(C)c1csc(NC(=O)CCSc2ccc(F)c(F)c2)n1. The molecule has 118 valence electrons. The van der Waals surface area contributed by atoms with Gasteiger partial charge in [0.25, 0.3) is 0 Å². The van der Waals surface area contributed by atoms with Crippen LogP contribution in [-0.4, -0.2) is 16.6 Å². The fourth-order valence-corrected chi connectivity index (χ4v) is 3.38. The van der Waals surface area contributed by atoms with E-state index in [1.165, 1.54) is 29.2 Å². The summed E-state index contributed by atoms with van der Waals surface area (Å²) in [7, 11) is 0. The molecule has 1 amide bonds. The molecular formula is C15H16F2N2OS2. The standard InChI is InChI=1S/C15H16F2N2OS2/c1-9(2)13-8-22-15(18-13)19-14(20)5-6-21-10-3-4-11(16)12(17)7-10/h3-4,7-9H,5-6H2,1-2H3,(H,18,19,20). The van der Waals surface area contributed by atoms with Gasteiger partial charge in [-0.1, -0.05) is 13.8 Å². The van der Waals surface area contributed by atoms with Gasteiger partial charge in [-0.25, -0.2) is 13.8 Å². The van der Waals surface area contributed by atoms with Crippen molar-refractivity contribution in [1.29, 1.82) is 0 Å². The van der Waals surface area contributed by atoms with Gasteiger partial charge in [-0.05, 0) is 24.1 Å². The van der Waals surface area contributed by atoms with E-state index in [2.05, 4.69) is 10.3 Å². The molecule has 0 spiro atoms. The van der Waals surface area contributed by atoms with Crippen molar-refractivity contribution in [2.45, 2.75) is 31.1 Å². The van der Waals surface area contributed by atoms with Crippen molar-refractivity contribution in [2.75, 3.05) is 11.1 Å². The zero-order chi connectivity index (χ0) is 16.1. The highest BCUT2D eigenvalue weighted by Gasteiger charge is 2.09. The number of nitrogens with zero attached hydrogens (tertiary/aromatic N) is 1. The Labute approximate surface area is 136 Å². The van der Waals surface area contributed by atoms with Crippen LogP contribution in [0.3, 0.4) is 0 Å². The molecule has 0 radical (unpaired) electrons. The van der Waals surface area contributed by atoms with E-state index in [0.717, 1.165) is 17.8 Å². The van der Waals surface area contributed by atoms with Gasteiger partial charge in [0.2, 0.25) is 5.91 Å². The molecule has 1 N–H and O–H groups in total. The minimum absolute atomic E-state index is 0.139. The molecule has 1 heterocycles. The molecule has 0 saturated heterocycles. The van der Waals surface area contributed by atoms with Gasteiger partial charge in [-0.2, -0.15) is 0 Å². The second-order valence-corrected chi connectivity index (χ2v) is 6.98. The number of halogens is 2. The van der Waals surface area contributed by atoms with E-state index in [1.807, 2.05) is 19.2 Å². The van der Waals surface area contributed by atoms with Gasteiger partial charge in [0.05, 0.1) is 5.69 Å². The van der Waals surface area contributed by atoms with Crippen LogP contribution in [0.4, 0.5) is 13.9 Å². The number of thiazole rings is 1. The summed E-state index contributed by atoms with van der Waals surface area (Å²) >= 11 is 2.71. The average molecular weight is 342 g/mol. The lowest BCUT2D eigenvalue weighted by Crippen LogP contribution is -2.12. The molecule has 0 fully saturated rings. The molecule has 2 rings (SSSR count). The van der Waals surface area contributed by atoms with Crippen molar-refractivity contribution < 1.29 is 13.6 Å². The van der Waals surface area contributed by atoms with E-state index in [1.54, 1.807) is 0 Å². The monoisotopic (exact) mass is 342 g/mol. The molecule has 0 aliphatic carbocycles. The van der Waals surface area contributed by atoms with Crippen LogP contribution in [0.15, 0.2) is 28.5 Å². The van der Waals surface area contributed by atoms with Crippen LogP contribution in [0.5, 0.6) is 0 Å². The summed E-state index contributed by atoms with van der Waals surface area (Å²) in [6, 6.07) is 3.71. The number of aromatic nitrogens is 1. The minimum Gasteiger partial charge on any atom is -0.302 e. The lowest BCUT2D eigenvalue weighted by atomic mass is 10.2. The summed E-state index contributed by atoms with van der Waals surface area (Å²) in [5.41, 5.74) is 0.955. The van der Waals surface area contributed by atoms with E-state index in [0.29, 0.717) is 21.7 Å². The number of anilines is 1. The zero-order valence-corrected chi connectivity index (χ0v) is 13.9. The molecule has 0 aliphatic heterocycles. The van der Waals surface area contributed by atoms with Crippen molar-refractivity contribution >= 4 is 34.1 Å². The average Bonchev–Trinajstić information content (AvgIpc) is 2.91. The van der Waals surface area contributed by atoms with Gasteiger partial charge in [0.1, 0.15) is 0 Å². The van der Waals surface area contributed by atoms with E-state index in [-0.39, 0.29) is 12.3 Å². The molecule has 3 nitrogen and oxygen atoms in total. The van der Waals surface area contributed by atoms with Crippen molar-refractivity contribution in [3.05, 3.63) is 40.9 Å². The Morgan fingerprint density at radius 2 is 2.14 bits per heavy atom. The largest absolute Gasteiger partial charge is 0.302 e. The Morgan fingerprint density at radius 3 is 2.77 bits per heavy atom. The Bertz CT molecular complexity index is 659. The molecular weight excluding hydrogens is 326 g/mol. The third-order valence-electron chi connectivity index (χ3n) is 2.85. The van der Waals surface area contributed by atoms with Gasteiger partial charge in [0, 0.05) is 22.4 Å². The maximum Gasteiger partial charge on any atom is 0.226 e. The van der Waals surface area contributed by atoms with Crippen LogP contribution in [0.1, 0.15) is 31.9 Å². The van der Waals surface area contributed by atoms with Gasteiger partial charge < -0.3 is 5.32 Å². The molecule has 0 unspecified atom stereocenters. The molecule has 0 aliphatic rings. The predicted molar refractivity (Wildman–Crippen MR) is 86.5 cm³/mol. The Hall–Kier alpha value is -1.47. The Morgan fingerprint density at radius 1 is 1.36 bits per heavy atom. The van der Waals surface area contributed by atoms with Crippen LogP contribution < -0.4 is 5.32 Å². The number of carbonyl (C=O) groups is 1. The maximum atomic E-state index is 13.0. The van der Waals surface area contributed by atoms with E-state index < -0.39 is 11.6 Å². The van der Waals surface area contributed by atoms with Crippen LogP contribution in [-0.2, 0) is 4.79 Å². The number of nitrogens with one attached hydrogen (secondary N) is 1. The number of rotatable bonds is 6. The second kappa shape index (κ2) is 7.69. The van der Waals surface area contributed by atoms with Crippen molar-refractivity contribution in [2.24, 2.45) is 0 Å². The number of carbonyl (C=O) groups excluding carboxylic acids is 1. The van der Waals surface area contributed by atoms with Crippen molar-refractivity contribution in [1.82, 2.24) is 4.98 Å². The summed E-state index contributed by atoms with van der Waals surface area (Å²) < 4.78 is 25.8. The first-order valence-electron chi connectivity index (χ1n) is 6.79. The molecule has 22 heavy (non-hydrogen) atoms. The minimum atomic E-state index is -0.876. The summed E-state index contributed by atoms with van der Waals surface area (Å²) in [5.74, 6) is -1.07. The first-order valence-corrected chi connectivity index (χ1v) is 8.65. The normalized spacial score (nSPS) is 11.0. The first kappa shape index (κ1) is 16.9. The van der Waals surface area contributed by atoms with Crippen molar-refractivity contribution in [3.63, 3.8) is 0 Å². The highest BCUT2D eigenvalue weighted by molar-refractivity contribution is 7.99. The molecule has 1 aromatic heterocycles. The predicted octanol–water partition coefficient (Wildman–Crippen LogP) is 4.67. The van der Waals surface area contributed by atoms with Crippen molar-refractivity contribution in [3.8, 4) is 0 Å². The highest BCUT2D eigenvalue weighted by Crippen LogP contribution is 2.23. The molecule has 2 aromatic rings. The lowest BCUT2D eigenvalue weighted by Gasteiger charge is -2.03. The molecule has 1 aromatic carbocycles. The number of benzene rings is 1. The highest BCUT2D eigenvalue weighted by atomic mass is 32.2. The van der Waals surface area contributed by atoms with E-state index >= 15 is 0 Å². The first-order chi connectivity index (χ1) is 10.5. The molecule has 0 bridgehead atoms. The summed E-state index contributed by atoms with van der Waals surface area (Å²) in [4.78, 5) is 16.7. The summed E-state index contributed by atoms with van der Waals surface area (Å²) in [6.45, 7) is 4.08. The number of hydrogen-bond acceptors (Lipinski definition) is 4. The quantitative estimate of drug-likeness (QED) is 0.776. The van der Waals surface area contributed by atoms with Crippen LogP contribution in [0.25, 0.3) is 0 Å². The number of amides is 1. The van der Waals surface area contributed by atoms with Gasteiger partial charge >= 0.3 is 0 Å². The fourth-order valence-electron chi connectivity index (χ4n) is 1.62. The lowest BCUT2D eigenvalue weighted by molar-refractivity contribution is -0.115. The zero-order valence-electron chi connectivity index (χ0n) is 12.2. The van der Waals surface area contributed by atoms with Crippen LogP contribution in [0.2, 0.25) is 0 Å². The van der Waals surface area contributed by atoms with E-state index in [4.69, 9.17) is 0 Å². The molecule has 0 saturated carbocycles. The van der Waals surface area contributed by atoms with Gasteiger partial charge in [0.15, 0.2) is 16.8 Å². The third kappa shape index (κ3) is 4.78.